The first-order valence-electron chi connectivity index (χ1n) is 11.7. The average molecular weight is 415 g/mol. The molecule has 2 saturated heterocycles. The van der Waals surface area contributed by atoms with E-state index in [1.54, 1.807) is 0 Å². The average Bonchev–Trinajstić information content (AvgIpc) is 3.29. The van der Waals surface area contributed by atoms with Gasteiger partial charge in [-0.25, -0.2) is 0 Å². The molecule has 2 aliphatic heterocycles. The van der Waals surface area contributed by atoms with E-state index in [9.17, 15) is 0 Å². The molecule has 0 bridgehead atoms. The molecule has 0 aromatic heterocycles. The van der Waals surface area contributed by atoms with Crippen LogP contribution in [0.5, 0.6) is 0 Å². The molecular weight excluding hydrogens is 372 g/mol. The maximum absolute atomic E-state index is 4.52. The largest absolute Gasteiger partial charge is 0.355 e. The summed E-state index contributed by atoms with van der Waals surface area (Å²) in [6.45, 7) is 13.5. The fourth-order valence-electron chi connectivity index (χ4n) is 4.74. The Kier molecular flexibility index (Phi) is 8.97. The Morgan fingerprint density at radius 1 is 0.900 bits per heavy atom. The molecule has 30 heavy (non-hydrogen) atoms. The zero-order valence-electron chi connectivity index (χ0n) is 19.5. The maximum atomic E-state index is 4.52. The molecule has 2 aliphatic rings. The van der Waals surface area contributed by atoms with Crippen LogP contribution in [-0.2, 0) is 0 Å². The molecule has 0 aliphatic carbocycles. The summed E-state index contributed by atoms with van der Waals surface area (Å²) in [4.78, 5) is 12.2. The number of likely N-dealkylation sites (N-methyl/N-ethyl adjacent to an activating group) is 1. The van der Waals surface area contributed by atoms with E-state index in [4.69, 9.17) is 0 Å². The molecule has 0 amide bonds. The molecule has 0 spiro atoms. The Hall–Kier alpha value is -1.63. The van der Waals surface area contributed by atoms with Crippen LogP contribution in [0.4, 0.5) is 0 Å². The fourth-order valence-corrected chi connectivity index (χ4v) is 4.74. The minimum absolute atomic E-state index is 0.394. The molecule has 6 nitrogen and oxygen atoms in total. The van der Waals surface area contributed by atoms with Gasteiger partial charge >= 0.3 is 0 Å². The highest BCUT2D eigenvalue weighted by Gasteiger charge is 2.26. The second kappa shape index (κ2) is 11.7. The fraction of sp³-hybridized carbons (Fsp3) is 0.708. The lowest BCUT2D eigenvalue weighted by Crippen LogP contribution is -2.55. The molecule has 2 N–H and O–H groups in total. The summed E-state index contributed by atoms with van der Waals surface area (Å²) in [5, 5.41) is 7.24. The molecule has 2 unspecified atom stereocenters. The SMILES string of the molecule is CN=C(NCC(c1ccccc1)N1CCCC1)NCC(C(C)C)N1CCN(C)CC1. The van der Waals surface area contributed by atoms with Gasteiger partial charge in [0.2, 0.25) is 0 Å². The number of nitrogens with zero attached hydrogens (tertiary/aromatic N) is 4. The van der Waals surface area contributed by atoms with E-state index in [2.05, 4.69) is 81.6 Å². The summed E-state index contributed by atoms with van der Waals surface area (Å²) in [7, 11) is 4.10. The van der Waals surface area contributed by atoms with Crippen LogP contribution < -0.4 is 10.6 Å². The van der Waals surface area contributed by atoms with Crippen molar-refractivity contribution in [1.82, 2.24) is 25.3 Å². The number of likely N-dealkylation sites (tertiary alicyclic amines) is 1. The number of benzene rings is 1. The first-order chi connectivity index (χ1) is 14.6. The van der Waals surface area contributed by atoms with Gasteiger partial charge in [-0.2, -0.15) is 0 Å². The number of nitrogens with one attached hydrogen (secondary N) is 2. The molecular formula is C24H42N6. The van der Waals surface area contributed by atoms with E-state index in [0.717, 1.165) is 45.2 Å². The summed E-state index contributed by atoms with van der Waals surface area (Å²) in [5.74, 6) is 1.52. The van der Waals surface area contributed by atoms with E-state index < -0.39 is 0 Å². The van der Waals surface area contributed by atoms with Gasteiger partial charge in [-0.1, -0.05) is 44.2 Å². The summed E-state index contributed by atoms with van der Waals surface area (Å²) in [5.41, 5.74) is 1.39. The van der Waals surface area contributed by atoms with E-state index in [-0.39, 0.29) is 0 Å². The van der Waals surface area contributed by atoms with Gasteiger partial charge in [-0.15, -0.1) is 0 Å². The van der Waals surface area contributed by atoms with Gasteiger partial charge in [0.1, 0.15) is 0 Å². The van der Waals surface area contributed by atoms with Crippen molar-refractivity contribution in [3.8, 4) is 0 Å². The Labute approximate surface area is 183 Å². The topological polar surface area (TPSA) is 46.1 Å². The van der Waals surface area contributed by atoms with E-state index in [0.29, 0.717) is 18.0 Å². The number of piperazine rings is 1. The van der Waals surface area contributed by atoms with Crippen LogP contribution in [0.25, 0.3) is 0 Å². The molecule has 6 heteroatoms. The highest BCUT2D eigenvalue weighted by Crippen LogP contribution is 2.24. The zero-order valence-corrected chi connectivity index (χ0v) is 19.5. The van der Waals surface area contributed by atoms with Crippen molar-refractivity contribution in [2.24, 2.45) is 10.9 Å². The quantitative estimate of drug-likeness (QED) is 0.505. The molecule has 168 valence electrons. The number of guanidine groups is 1. The van der Waals surface area contributed by atoms with Crippen molar-refractivity contribution >= 4 is 5.96 Å². The zero-order chi connectivity index (χ0) is 21.3. The van der Waals surface area contributed by atoms with Crippen molar-refractivity contribution in [2.45, 2.75) is 38.8 Å². The normalized spacial score (nSPS) is 21.7. The molecule has 1 aromatic rings. The van der Waals surface area contributed by atoms with E-state index >= 15 is 0 Å². The van der Waals surface area contributed by atoms with Crippen LogP contribution in [0.1, 0.15) is 38.3 Å². The van der Waals surface area contributed by atoms with Crippen molar-refractivity contribution in [2.75, 3.05) is 66.5 Å². The van der Waals surface area contributed by atoms with Gasteiger partial charge in [-0.3, -0.25) is 14.8 Å². The highest BCUT2D eigenvalue weighted by molar-refractivity contribution is 5.79. The van der Waals surface area contributed by atoms with Crippen LogP contribution in [0.15, 0.2) is 35.3 Å². The van der Waals surface area contributed by atoms with Gasteiger partial charge in [0, 0.05) is 52.4 Å². The summed E-state index contributed by atoms with van der Waals surface area (Å²) in [6.07, 6.45) is 2.61. The van der Waals surface area contributed by atoms with Crippen LogP contribution in [0.2, 0.25) is 0 Å². The third-order valence-electron chi connectivity index (χ3n) is 6.71. The lowest BCUT2D eigenvalue weighted by Gasteiger charge is -2.40. The molecule has 0 saturated carbocycles. The van der Waals surface area contributed by atoms with Crippen molar-refractivity contribution in [3.63, 3.8) is 0 Å². The first-order valence-corrected chi connectivity index (χ1v) is 11.7. The van der Waals surface area contributed by atoms with Crippen LogP contribution in [0, 0.1) is 5.92 Å². The molecule has 1 aromatic carbocycles. The van der Waals surface area contributed by atoms with Crippen LogP contribution in [-0.4, -0.2) is 93.2 Å². The summed E-state index contributed by atoms with van der Waals surface area (Å²) in [6, 6.07) is 11.8. The minimum atomic E-state index is 0.394. The second-order valence-electron chi connectivity index (χ2n) is 9.15. The van der Waals surface area contributed by atoms with Gasteiger partial charge in [0.15, 0.2) is 5.96 Å². The summed E-state index contributed by atoms with van der Waals surface area (Å²) < 4.78 is 0. The Bertz CT molecular complexity index is 632. The van der Waals surface area contributed by atoms with Gasteiger partial charge in [0.25, 0.3) is 0 Å². The van der Waals surface area contributed by atoms with Crippen molar-refractivity contribution in [3.05, 3.63) is 35.9 Å². The maximum Gasteiger partial charge on any atom is 0.191 e. The number of rotatable bonds is 8. The molecule has 2 heterocycles. The monoisotopic (exact) mass is 414 g/mol. The predicted octanol–water partition coefficient (Wildman–Crippen LogP) is 2.26. The third kappa shape index (κ3) is 6.43. The standard InChI is InChI=1S/C24H42N6/c1-20(2)22(30-16-14-28(4)15-17-30)18-26-24(25-3)27-19-23(29-12-8-9-13-29)21-10-6-5-7-11-21/h5-7,10-11,20,22-23H,8-9,12-19H2,1-4H3,(H2,25,26,27). The van der Waals surface area contributed by atoms with E-state index in [1.165, 1.54) is 31.5 Å². The van der Waals surface area contributed by atoms with Gasteiger partial charge in [0.05, 0.1) is 6.04 Å². The number of hydrogen-bond donors (Lipinski definition) is 2. The summed E-state index contributed by atoms with van der Waals surface area (Å²) >= 11 is 0. The molecule has 3 rings (SSSR count). The Balaban J connectivity index is 1.55. The highest BCUT2D eigenvalue weighted by atomic mass is 15.3. The molecule has 2 atom stereocenters. The predicted molar refractivity (Wildman–Crippen MR) is 127 cm³/mol. The minimum Gasteiger partial charge on any atom is -0.355 e. The van der Waals surface area contributed by atoms with Gasteiger partial charge in [-0.05, 0) is 44.5 Å². The number of aliphatic imine (C=N–C) groups is 1. The van der Waals surface area contributed by atoms with Gasteiger partial charge < -0.3 is 15.5 Å². The van der Waals surface area contributed by atoms with Crippen LogP contribution in [0.3, 0.4) is 0 Å². The Morgan fingerprint density at radius 3 is 2.13 bits per heavy atom. The third-order valence-corrected chi connectivity index (χ3v) is 6.71. The van der Waals surface area contributed by atoms with E-state index in [1.807, 2.05) is 7.05 Å². The number of hydrogen-bond acceptors (Lipinski definition) is 4. The molecule has 2 fully saturated rings. The second-order valence-corrected chi connectivity index (χ2v) is 9.15. The van der Waals surface area contributed by atoms with Crippen molar-refractivity contribution in [1.29, 1.82) is 0 Å². The molecule has 0 radical (unpaired) electrons. The Morgan fingerprint density at radius 2 is 1.53 bits per heavy atom. The first kappa shape index (κ1) is 23.0. The van der Waals surface area contributed by atoms with Crippen LogP contribution >= 0.6 is 0 Å². The lowest BCUT2D eigenvalue weighted by atomic mass is 10.0. The smallest absolute Gasteiger partial charge is 0.191 e. The van der Waals surface area contributed by atoms with Crippen molar-refractivity contribution < 1.29 is 0 Å². The lowest BCUT2D eigenvalue weighted by molar-refractivity contribution is 0.0899.